The van der Waals surface area contributed by atoms with Crippen molar-refractivity contribution in [3.63, 3.8) is 0 Å². The third-order valence-electron chi connectivity index (χ3n) is 4.23. The number of para-hydroxylation sites is 1. The van der Waals surface area contributed by atoms with Gasteiger partial charge in [-0.25, -0.2) is 4.39 Å². The smallest absolute Gasteiger partial charge is 0.123 e. The highest BCUT2D eigenvalue weighted by Crippen LogP contribution is 2.22. The number of halogens is 1. The van der Waals surface area contributed by atoms with Gasteiger partial charge < -0.3 is 15.2 Å². The molecule has 0 bridgehead atoms. The Balaban J connectivity index is 1.77. The number of nitrogens with one attached hydrogen (secondary N) is 2. The Morgan fingerprint density at radius 2 is 1.79 bits per heavy atom. The average Bonchev–Trinajstić information content (AvgIpc) is 2.95. The molecule has 0 spiro atoms. The van der Waals surface area contributed by atoms with Crippen LogP contribution < -0.4 is 10.6 Å². The minimum atomic E-state index is -0.192. The van der Waals surface area contributed by atoms with Gasteiger partial charge in [0.25, 0.3) is 0 Å². The van der Waals surface area contributed by atoms with Crippen LogP contribution in [0.4, 0.5) is 4.39 Å². The molecule has 0 atom stereocenters. The summed E-state index contributed by atoms with van der Waals surface area (Å²) in [5.74, 6) is -0.192. The van der Waals surface area contributed by atoms with Gasteiger partial charge in [-0.05, 0) is 55.9 Å². The van der Waals surface area contributed by atoms with Gasteiger partial charge in [-0.3, -0.25) is 0 Å². The lowest BCUT2D eigenvalue weighted by Gasteiger charge is -2.05. The fraction of sp³-hybridized carbons (Fsp3) is 0.300. The lowest BCUT2D eigenvalue weighted by atomic mass is 10.2. The van der Waals surface area contributed by atoms with Gasteiger partial charge in [-0.2, -0.15) is 0 Å². The molecule has 0 amide bonds. The van der Waals surface area contributed by atoms with Gasteiger partial charge in [0.15, 0.2) is 0 Å². The van der Waals surface area contributed by atoms with Crippen LogP contribution in [-0.4, -0.2) is 24.7 Å². The zero-order chi connectivity index (χ0) is 16.8. The van der Waals surface area contributed by atoms with E-state index in [2.05, 4.69) is 45.7 Å². The molecule has 1 aromatic heterocycles. The van der Waals surface area contributed by atoms with Crippen LogP contribution in [0.2, 0.25) is 0 Å². The Labute approximate surface area is 142 Å². The van der Waals surface area contributed by atoms with E-state index >= 15 is 0 Å². The molecule has 0 radical (unpaired) electrons. The van der Waals surface area contributed by atoms with Crippen LogP contribution in [0.15, 0.2) is 54.7 Å². The summed E-state index contributed by atoms with van der Waals surface area (Å²) >= 11 is 0. The fourth-order valence-corrected chi connectivity index (χ4v) is 2.99. The first-order valence-electron chi connectivity index (χ1n) is 8.44. The van der Waals surface area contributed by atoms with Crippen molar-refractivity contribution in [1.29, 1.82) is 0 Å². The Bertz CT molecular complexity index is 777. The van der Waals surface area contributed by atoms with E-state index in [-0.39, 0.29) is 5.82 Å². The average molecular weight is 325 g/mol. The summed E-state index contributed by atoms with van der Waals surface area (Å²) in [6.45, 7) is 3.64. The quantitative estimate of drug-likeness (QED) is 0.620. The molecular formula is C20H24FN3. The van der Waals surface area contributed by atoms with E-state index in [9.17, 15) is 4.39 Å². The summed E-state index contributed by atoms with van der Waals surface area (Å²) < 4.78 is 15.3. The summed E-state index contributed by atoms with van der Waals surface area (Å²) in [4.78, 5) is 0. The standard InChI is InChI=1S/C20H24FN3/c1-22-11-4-12-23-13-17-15-24(20-6-3-2-5-19(17)20)14-16-7-9-18(21)10-8-16/h2-3,5-10,15,22-23H,4,11-14H2,1H3. The van der Waals surface area contributed by atoms with Gasteiger partial charge in [0.1, 0.15) is 5.82 Å². The molecule has 0 saturated carbocycles. The van der Waals surface area contributed by atoms with Gasteiger partial charge in [0.2, 0.25) is 0 Å². The topological polar surface area (TPSA) is 29.0 Å². The molecule has 3 rings (SSSR count). The predicted octanol–water partition coefficient (Wildman–Crippen LogP) is 3.53. The molecule has 3 aromatic rings. The molecule has 0 aliphatic heterocycles. The van der Waals surface area contributed by atoms with E-state index in [1.807, 2.05) is 19.2 Å². The van der Waals surface area contributed by atoms with E-state index in [4.69, 9.17) is 0 Å². The van der Waals surface area contributed by atoms with Gasteiger partial charge in [0.05, 0.1) is 0 Å². The molecule has 1 heterocycles. The van der Waals surface area contributed by atoms with Crippen molar-refractivity contribution in [2.45, 2.75) is 19.5 Å². The highest BCUT2D eigenvalue weighted by molar-refractivity contribution is 5.84. The summed E-state index contributed by atoms with van der Waals surface area (Å²) in [6, 6.07) is 15.2. The molecule has 0 aliphatic rings. The normalized spacial score (nSPS) is 11.2. The van der Waals surface area contributed by atoms with Crippen LogP contribution in [0.3, 0.4) is 0 Å². The van der Waals surface area contributed by atoms with Crippen LogP contribution in [0.25, 0.3) is 10.9 Å². The van der Waals surface area contributed by atoms with Crippen LogP contribution in [-0.2, 0) is 13.1 Å². The van der Waals surface area contributed by atoms with Crippen molar-refractivity contribution in [3.05, 3.63) is 71.7 Å². The van der Waals surface area contributed by atoms with Crippen LogP contribution >= 0.6 is 0 Å². The van der Waals surface area contributed by atoms with Crippen molar-refractivity contribution >= 4 is 10.9 Å². The highest BCUT2D eigenvalue weighted by Gasteiger charge is 2.08. The monoisotopic (exact) mass is 325 g/mol. The summed E-state index contributed by atoms with van der Waals surface area (Å²) in [6.07, 6.45) is 3.32. The van der Waals surface area contributed by atoms with Crippen molar-refractivity contribution in [2.24, 2.45) is 0 Å². The maximum atomic E-state index is 13.1. The van der Waals surface area contributed by atoms with Gasteiger partial charge in [0, 0.05) is 30.2 Å². The Kier molecular flexibility index (Phi) is 5.62. The molecule has 0 unspecified atom stereocenters. The van der Waals surface area contributed by atoms with Crippen LogP contribution in [0.1, 0.15) is 17.5 Å². The third kappa shape index (κ3) is 4.02. The molecule has 0 aliphatic carbocycles. The fourth-order valence-electron chi connectivity index (χ4n) is 2.99. The predicted molar refractivity (Wildman–Crippen MR) is 97.7 cm³/mol. The zero-order valence-corrected chi connectivity index (χ0v) is 14.1. The first-order chi connectivity index (χ1) is 11.8. The lowest BCUT2D eigenvalue weighted by Crippen LogP contribution is -2.19. The Hall–Kier alpha value is -2.17. The molecule has 4 heteroatoms. The van der Waals surface area contributed by atoms with E-state index < -0.39 is 0 Å². The molecule has 0 fully saturated rings. The second kappa shape index (κ2) is 8.08. The summed E-state index contributed by atoms with van der Waals surface area (Å²) in [5, 5.41) is 7.95. The van der Waals surface area contributed by atoms with E-state index in [0.717, 1.165) is 38.2 Å². The van der Waals surface area contributed by atoms with Gasteiger partial charge in [-0.15, -0.1) is 0 Å². The minimum Gasteiger partial charge on any atom is -0.343 e. The summed E-state index contributed by atoms with van der Waals surface area (Å²) in [5.41, 5.74) is 3.62. The van der Waals surface area contributed by atoms with Gasteiger partial charge in [-0.1, -0.05) is 30.3 Å². The molecular weight excluding hydrogens is 301 g/mol. The number of benzene rings is 2. The summed E-state index contributed by atoms with van der Waals surface area (Å²) in [7, 11) is 1.98. The molecule has 0 saturated heterocycles. The van der Waals surface area contributed by atoms with E-state index in [1.165, 1.54) is 28.6 Å². The number of hydrogen-bond acceptors (Lipinski definition) is 2. The first-order valence-corrected chi connectivity index (χ1v) is 8.44. The van der Waals surface area contributed by atoms with E-state index in [0.29, 0.717) is 0 Å². The Morgan fingerprint density at radius 1 is 1.00 bits per heavy atom. The largest absolute Gasteiger partial charge is 0.343 e. The van der Waals surface area contributed by atoms with Crippen LogP contribution in [0.5, 0.6) is 0 Å². The molecule has 24 heavy (non-hydrogen) atoms. The maximum Gasteiger partial charge on any atom is 0.123 e. The third-order valence-corrected chi connectivity index (χ3v) is 4.23. The number of hydrogen-bond donors (Lipinski definition) is 2. The number of fused-ring (bicyclic) bond motifs is 1. The second-order valence-corrected chi connectivity index (χ2v) is 6.06. The molecule has 2 N–H and O–H groups in total. The SMILES string of the molecule is CNCCCNCc1cn(Cc2ccc(F)cc2)c2ccccc12. The first kappa shape index (κ1) is 16.7. The number of rotatable bonds is 8. The molecule has 3 nitrogen and oxygen atoms in total. The molecule has 126 valence electrons. The number of nitrogens with zero attached hydrogens (tertiary/aromatic N) is 1. The highest BCUT2D eigenvalue weighted by atomic mass is 19.1. The maximum absolute atomic E-state index is 13.1. The lowest BCUT2D eigenvalue weighted by molar-refractivity contribution is 0.624. The van der Waals surface area contributed by atoms with Crippen LogP contribution in [0, 0.1) is 5.82 Å². The van der Waals surface area contributed by atoms with Crippen molar-refractivity contribution in [2.75, 3.05) is 20.1 Å². The minimum absolute atomic E-state index is 0.192. The number of aromatic nitrogens is 1. The zero-order valence-electron chi connectivity index (χ0n) is 14.1. The van der Waals surface area contributed by atoms with Crippen molar-refractivity contribution < 1.29 is 4.39 Å². The van der Waals surface area contributed by atoms with Gasteiger partial charge >= 0.3 is 0 Å². The second-order valence-electron chi connectivity index (χ2n) is 6.06. The molecule has 2 aromatic carbocycles. The Morgan fingerprint density at radius 3 is 2.58 bits per heavy atom. The van der Waals surface area contributed by atoms with Crippen molar-refractivity contribution in [3.8, 4) is 0 Å². The van der Waals surface area contributed by atoms with Crippen molar-refractivity contribution in [1.82, 2.24) is 15.2 Å². The van der Waals surface area contributed by atoms with E-state index in [1.54, 1.807) is 0 Å².